The van der Waals surface area contributed by atoms with Gasteiger partial charge in [-0.1, -0.05) is 229 Å². The highest BCUT2D eigenvalue weighted by Gasteiger charge is 2.48. The SMILES string of the molecule is [2H]C([2H])([2H])c1cc2c3c(c1)N(c1cc(-c4ccccc4)c(C(C)(C)c4ccccc4)cc1-c1ccccc1)c1cc(C(C)(C)c4ccccc4)ccc1B3c1cc3c(cc1N2c1ccc2c(c1)C(C)(C)CCC2(C)C)C(C)(C)CCC3(C)C. The maximum atomic E-state index is 9.51. The van der Waals surface area contributed by atoms with Gasteiger partial charge in [0.1, 0.15) is 0 Å². The van der Waals surface area contributed by atoms with Gasteiger partial charge in [0.25, 0.3) is 6.71 Å². The second-order valence-electron chi connectivity index (χ2n) is 27.7. The molecule has 4 aliphatic rings. The minimum atomic E-state index is -2.44. The van der Waals surface area contributed by atoms with Crippen LogP contribution in [0.4, 0.5) is 34.1 Å². The van der Waals surface area contributed by atoms with E-state index >= 15 is 0 Å². The summed E-state index contributed by atoms with van der Waals surface area (Å²) in [6, 6.07) is 72.1. The Hall–Kier alpha value is -7.36. The van der Waals surface area contributed by atoms with Crippen LogP contribution in [0.1, 0.15) is 163 Å². The highest BCUT2D eigenvalue weighted by molar-refractivity contribution is 7.00. The van der Waals surface area contributed by atoms with Crippen LogP contribution < -0.4 is 26.2 Å². The van der Waals surface area contributed by atoms with Gasteiger partial charge in [-0.2, -0.15) is 0 Å². The van der Waals surface area contributed by atoms with Crippen molar-refractivity contribution in [2.24, 2.45) is 0 Å². The number of nitrogens with zero attached hydrogens (tertiary/aromatic N) is 2. The largest absolute Gasteiger partial charge is 0.311 e. The molecule has 0 atom stereocenters. The normalized spacial score (nSPS) is 17.9. The summed E-state index contributed by atoms with van der Waals surface area (Å²) in [6.07, 6.45) is 4.37. The van der Waals surface area contributed by atoms with Crippen LogP contribution >= 0.6 is 0 Å². The molecule has 0 aromatic heterocycles. The minimum absolute atomic E-state index is 0.0162. The number of fused-ring (bicyclic) bond motifs is 6. The Morgan fingerprint density at radius 2 is 0.875 bits per heavy atom. The summed E-state index contributed by atoms with van der Waals surface area (Å²) in [5.41, 5.74) is 23.7. The second-order valence-corrected chi connectivity index (χ2v) is 27.7. The fourth-order valence-corrected chi connectivity index (χ4v) is 14.7. The molecule has 0 spiro atoms. The van der Waals surface area contributed by atoms with Gasteiger partial charge in [0.05, 0.1) is 5.69 Å². The highest BCUT2D eigenvalue weighted by atomic mass is 15.2. The first kappa shape index (κ1) is 48.5. The quantitative estimate of drug-likeness (QED) is 0.140. The van der Waals surface area contributed by atoms with E-state index in [-0.39, 0.29) is 33.8 Å². The van der Waals surface area contributed by atoms with Gasteiger partial charge in [0.2, 0.25) is 0 Å². The van der Waals surface area contributed by atoms with Crippen molar-refractivity contribution in [3.63, 3.8) is 0 Å². The Balaban J connectivity index is 1.20. The van der Waals surface area contributed by atoms with E-state index in [4.69, 9.17) is 0 Å². The molecule has 2 aliphatic heterocycles. The maximum Gasteiger partial charge on any atom is 0.252 e. The molecule has 0 unspecified atom stereocenters. The number of hydrogen-bond acceptors (Lipinski definition) is 2. The molecule has 9 aromatic rings. The van der Waals surface area contributed by atoms with Gasteiger partial charge >= 0.3 is 0 Å². The van der Waals surface area contributed by atoms with Crippen LogP contribution in [0.15, 0.2) is 194 Å². The predicted octanol–water partition coefficient (Wildman–Crippen LogP) is 18.8. The molecule has 0 saturated carbocycles. The zero-order valence-corrected chi connectivity index (χ0v) is 49.3. The Kier molecular flexibility index (Phi) is 11.1. The number of hydrogen-bond donors (Lipinski definition) is 0. The smallest absolute Gasteiger partial charge is 0.252 e. The number of aryl methyl sites for hydroxylation is 1. The van der Waals surface area contributed by atoms with E-state index in [0.29, 0.717) is 5.56 Å². The summed E-state index contributed by atoms with van der Waals surface area (Å²) in [6.45, 7) is 26.0. The van der Waals surface area contributed by atoms with Gasteiger partial charge in [-0.3, -0.25) is 0 Å². The van der Waals surface area contributed by atoms with E-state index in [0.717, 1.165) is 87.5 Å². The van der Waals surface area contributed by atoms with E-state index in [2.05, 4.69) is 275 Å². The standard InChI is InChI=1S/C77H79BN2/c1-50-42-69-71-70(43-50)80(66-47-57(51-26-18-14-19-27-51)60(46-58(66)52-28-20-15-21-29-52)77(12,13)54-32-24-17-25-33-54)67-44-55(76(10,11)53-30-22-16-23-31-53)34-37-64(67)78(71)65-48-62-63(75(8,9)41-40-74(62,6)7)49-68(65)79(69)56-35-36-59-61(45-56)73(4,5)39-38-72(59,2)3/h14-37,42-49H,38-41H2,1-13H3/i1D3. The molecule has 0 N–H and O–H groups in total. The molecule has 80 heavy (non-hydrogen) atoms. The number of anilines is 6. The first-order chi connectivity index (χ1) is 39.3. The van der Waals surface area contributed by atoms with Crippen molar-refractivity contribution in [2.75, 3.05) is 9.80 Å². The summed E-state index contributed by atoms with van der Waals surface area (Å²) in [7, 11) is 0. The van der Waals surface area contributed by atoms with E-state index in [1.807, 2.05) is 12.1 Å². The van der Waals surface area contributed by atoms with Crippen molar-refractivity contribution >= 4 is 57.2 Å². The van der Waals surface area contributed by atoms with Crippen LogP contribution in [-0.2, 0) is 32.5 Å². The lowest BCUT2D eigenvalue weighted by molar-refractivity contribution is 0.332. The van der Waals surface area contributed by atoms with Crippen LogP contribution in [-0.4, -0.2) is 6.71 Å². The lowest BCUT2D eigenvalue weighted by atomic mass is 9.33. The second kappa shape index (κ2) is 18.3. The van der Waals surface area contributed by atoms with Gasteiger partial charge in [-0.05, 0) is 186 Å². The van der Waals surface area contributed by atoms with Gasteiger partial charge < -0.3 is 9.80 Å². The summed E-state index contributed by atoms with van der Waals surface area (Å²) in [5.74, 6) is 0. The fraction of sp³-hybridized carbons (Fsp3) is 0.299. The Morgan fingerprint density at radius 3 is 1.45 bits per heavy atom. The lowest BCUT2D eigenvalue weighted by Gasteiger charge is -2.48. The summed E-state index contributed by atoms with van der Waals surface area (Å²) in [4.78, 5) is 4.98. The molecule has 2 aliphatic carbocycles. The maximum absolute atomic E-state index is 9.51. The molecule has 0 saturated heterocycles. The summed E-state index contributed by atoms with van der Waals surface area (Å²) < 4.78 is 28.5. The van der Waals surface area contributed by atoms with Crippen molar-refractivity contribution in [1.82, 2.24) is 0 Å². The minimum Gasteiger partial charge on any atom is -0.311 e. The molecule has 400 valence electrons. The topological polar surface area (TPSA) is 6.48 Å². The summed E-state index contributed by atoms with van der Waals surface area (Å²) >= 11 is 0. The zero-order valence-electron chi connectivity index (χ0n) is 52.3. The van der Waals surface area contributed by atoms with Crippen molar-refractivity contribution in [3.8, 4) is 22.3 Å². The predicted molar refractivity (Wildman–Crippen MR) is 344 cm³/mol. The average Bonchev–Trinajstić information content (AvgIpc) is 1.15. The molecule has 13 rings (SSSR count). The molecule has 2 heterocycles. The first-order valence-corrected chi connectivity index (χ1v) is 29.5. The molecule has 0 bridgehead atoms. The Bertz CT molecular complexity index is 4020. The van der Waals surface area contributed by atoms with Crippen molar-refractivity contribution < 1.29 is 4.11 Å². The van der Waals surface area contributed by atoms with Crippen LogP contribution in [0.25, 0.3) is 22.3 Å². The average molecular weight is 1050 g/mol. The van der Waals surface area contributed by atoms with Gasteiger partial charge in [0, 0.05) is 48.9 Å². The molecule has 3 heteroatoms. The monoisotopic (exact) mass is 1050 g/mol. The molecular formula is C77H79BN2. The number of rotatable bonds is 8. The zero-order chi connectivity index (χ0) is 58.4. The van der Waals surface area contributed by atoms with E-state index in [1.54, 1.807) is 0 Å². The van der Waals surface area contributed by atoms with Crippen LogP contribution in [0.5, 0.6) is 0 Å². The Morgan fingerprint density at radius 1 is 0.388 bits per heavy atom. The Labute approximate surface area is 483 Å². The van der Waals surface area contributed by atoms with Crippen molar-refractivity contribution in [2.45, 2.75) is 148 Å². The molecule has 0 radical (unpaired) electrons. The van der Waals surface area contributed by atoms with Crippen molar-refractivity contribution in [1.29, 1.82) is 0 Å². The van der Waals surface area contributed by atoms with Crippen molar-refractivity contribution in [3.05, 3.63) is 244 Å². The third kappa shape index (κ3) is 8.18. The first-order valence-electron chi connectivity index (χ1n) is 31.0. The van der Waals surface area contributed by atoms with Gasteiger partial charge in [0.15, 0.2) is 0 Å². The summed E-state index contributed by atoms with van der Waals surface area (Å²) in [5, 5.41) is 0. The van der Waals surface area contributed by atoms with E-state index < -0.39 is 12.3 Å². The molecule has 2 nitrogen and oxygen atoms in total. The van der Waals surface area contributed by atoms with Crippen LogP contribution in [0, 0.1) is 6.85 Å². The van der Waals surface area contributed by atoms with E-state index in [9.17, 15) is 4.11 Å². The van der Waals surface area contributed by atoms with Crippen LogP contribution in [0.3, 0.4) is 0 Å². The van der Waals surface area contributed by atoms with Crippen LogP contribution in [0.2, 0.25) is 0 Å². The van der Waals surface area contributed by atoms with Gasteiger partial charge in [-0.25, -0.2) is 0 Å². The molecular weight excluding hydrogens is 964 g/mol. The third-order valence-corrected chi connectivity index (χ3v) is 20.1. The van der Waals surface area contributed by atoms with Gasteiger partial charge in [-0.15, -0.1) is 0 Å². The van der Waals surface area contributed by atoms with E-state index in [1.165, 1.54) is 55.4 Å². The molecule has 0 fully saturated rings. The molecule has 9 aromatic carbocycles. The number of benzene rings is 9. The third-order valence-electron chi connectivity index (χ3n) is 20.1. The molecule has 0 amide bonds. The lowest BCUT2D eigenvalue weighted by Crippen LogP contribution is -2.62. The highest BCUT2D eigenvalue weighted by Crippen LogP contribution is 2.55. The fourth-order valence-electron chi connectivity index (χ4n) is 14.7.